The molecule has 7 heteroatoms. The van der Waals surface area contributed by atoms with E-state index in [4.69, 9.17) is 0 Å². The quantitative estimate of drug-likeness (QED) is 0.786. The minimum atomic E-state index is -4.75. The molecule has 0 radical (unpaired) electrons. The molecule has 2 nitrogen and oxygen atoms in total. The van der Waals surface area contributed by atoms with Crippen molar-refractivity contribution in [3.05, 3.63) is 29.1 Å². The van der Waals surface area contributed by atoms with Crippen molar-refractivity contribution in [3.63, 3.8) is 0 Å². The van der Waals surface area contributed by atoms with E-state index in [0.29, 0.717) is 19.2 Å². The highest BCUT2D eigenvalue weighted by molar-refractivity contribution is 5.78. The van der Waals surface area contributed by atoms with Crippen LogP contribution in [0.3, 0.4) is 0 Å². The number of hydrogen-bond acceptors (Lipinski definition) is 2. The van der Waals surface area contributed by atoms with E-state index in [1.54, 1.807) is 0 Å². The molecule has 1 heterocycles. The Morgan fingerprint density at radius 3 is 2.22 bits per heavy atom. The van der Waals surface area contributed by atoms with Gasteiger partial charge in [-0.2, -0.15) is 13.2 Å². The van der Waals surface area contributed by atoms with Crippen LogP contribution >= 0.6 is 0 Å². The predicted molar refractivity (Wildman–Crippen MR) is 53.2 cm³/mol. The summed E-state index contributed by atoms with van der Waals surface area (Å²) in [7, 11) is 0. The van der Waals surface area contributed by atoms with Crippen molar-refractivity contribution in [1.82, 2.24) is 4.98 Å². The molecule has 1 aromatic rings. The molecule has 0 aliphatic rings. The summed E-state index contributed by atoms with van der Waals surface area (Å²) >= 11 is 0. The highest BCUT2D eigenvalue weighted by atomic mass is 19.4. The van der Waals surface area contributed by atoms with E-state index in [1.807, 2.05) is 0 Å². The Kier molecular flexibility index (Phi) is 3.73. The molecule has 0 N–H and O–H groups in total. The molecule has 0 spiro atoms. The van der Waals surface area contributed by atoms with Crippen molar-refractivity contribution >= 4 is 5.78 Å². The molecule has 0 aliphatic heterocycles. The second-order valence-electron chi connectivity index (χ2n) is 3.98. The Labute approximate surface area is 99.8 Å². The third-order valence-electron chi connectivity index (χ3n) is 2.19. The van der Waals surface area contributed by atoms with Crippen molar-refractivity contribution in [1.29, 1.82) is 0 Å². The fraction of sp³-hybridized carbons (Fsp3) is 0.455. The van der Waals surface area contributed by atoms with Gasteiger partial charge in [-0.25, -0.2) is 8.78 Å². The summed E-state index contributed by atoms with van der Waals surface area (Å²) in [5.41, 5.74) is -2.46. The van der Waals surface area contributed by atoms with Gasteiger partial charge in [-0.15, -0.1) is 0 Å². The lowest BCUT2D eigenvalue weighted by atomic mass is 10.0. The van der Waals surface area contributed by atoms with E-state index in [-0.39, 0.29) is 5.69 Å². The zero-order valence-corrected chi connectivity index (χ0v) is 9.61. The molecule has 0 unspecified atom stereocenters. The van der Waals surface area contributed by atoms with Gasteiger partial charge in [-0.3, -0.25) is 9.78 Å². The molecule has 0 fully saturated rings. The van der Waals surface area contributed by atoms with E-state index in [2.05, 4.69) is 4.98 Å². The molecular formula is C11H10F5NO. The average molecular weight is 267 g/mol. The van der Waals surface area contributed by atoms with Crippen LogP contribution in [-0.2, 0) is 23.3 Å². The minimum Gasteiger partial charge on any atom is -0.300 e. The van der Waals surface area contributed by atoms with Gasteiger partial charge in [0.15, 0.2) is 0 Å². The standard InChI is InChI=1S/C11H10F5NO/c1-6(18)3-9-8(10(2,12)13)4-7(5-17-9)11(14,15)16/h4-5H,3H2,1-2H3. The number of alkyl halides is 5. The smallest absolute Gasteiger partial charge is 0.300 e. The SMILES string of the molecule is CC(=O)Cc1ncc(C(F)(F)F)cc1C(C)(F)F. The number of halogens is 5. The van der Waals surface area contributed by atoms with Gasteiger partial charge < -0.3 is 0 Å². The van der Waals surface area contributed by atoms with E-state index in [0.717, 1.165) is 6.92 Å². The van der Waals surface area contributed by atoms with E-state index in [9.17, 15) is 26.7 Å². The van der Waals surface area contributed by atoms with Gasteiger partial charge in [0, 0.05) is 25.1 Å². The lowest BCUT2D eigenvalue weighted by Crippen LogP contribution is -2.17. The number of nitrogens with zero attached hydrogens (tertiary/aromatic N) is 1. The van der Waals surface area contributed by atoms with Crippen LogP contribution in [0.15, 0.2) is 12.3 Å². The summed E-state index contributed by atoms with van der Waals surface area (Å²) in [4.78, 5) is 14.2. The van der Waals surface area contributed by atoms with Crippen LogP contribution in [0, 0.1) is 0 Å². The van der Waals surface area contributed by atoms with Crippen molar-refractivity contribution in [2.45, 2.75) is 32.4 Å². The first-order valence-corrected chi connectivity index (χ1v) is 4.95. The molecule has 0 amide bonds. The summed E-state index contributed by atoms with van der Waals surface area (Å²) in [6, 6.07) is 0.339. The lowest BCUT2D eigenvalue weighted by molar-refractivity contribution is -0.138. The third-order valence-corrected chi connectivity index (χ3v) is 2.19. The summed E-state index contributed by atoms with van der Waals surface area (Å²) in [6.07, 6.45) is -4.72. The van der Waals surface area contributed by atoms with Crippen molar-refractivity contribution in [2.24, 2.45) is 0 Å². The van der Waals surface area contributed by atoms with Crippen LogP contribution in [0.4, 0.5) is 22.0 Å². The first-order chi connectivity index (χ1) is 8.01. The van der Waals surface area contributed by atoms with Crippen LogP contribution < -0.4 is 0 Å². The molecule has 0 aromatic carbocycles. The minimum absolute atomic E-state index is 0.331. The molecule has 0 atom stereocenters. The molecule has 0 saturated heterocycles. The predicted octanol–water partition coefficient (Wildman–Crippen LogP) is 3.34. The Morgan fingerprint density at radius 2 is 1.83 bits per heavy atom. The number of carbonyl (C=O) groups excluding carboxylic acids is 1. The number of aromatic nitrogens is 1. The second-order valence-corrected chi connectivity index (χ2v) is 3.98. The van der Waals surface area contributed by atoms with Gasteiger partial charge in [-0.1, -0.05) is 0 Å². The molecular weight excluding hydrogens is 257 g/mol. The van der Waals surface area contributed by atoms with Gasteiger partial charge in [0.1, 0.15) is 5.78 Å². The van der Waals surface area contributed by atoms with Gasteiger partial charge in [0.05, 0.1) is 11.3 Å². The highest BCUT2D eigenvalue weighted by Crippen LogP contribution is 2.35. The molecule has 18 heavy (non-hydrogen) atoms. The lowest BCUT2D eigenvalue weighted by Gasteiger charge is -2.16. The van der Waals surface area contributed by atoms with E-state index >= 15 is 0 Å². The first-order valence-electron chi connectivity index (χ1n) is 4.95. The third kappa shape index (κ3) is 3.48. The Hall–Kier alpha value is -1.53. The molecule has 1 aromatic heterocycles. The molecule has 1 rings (SSSR count). The fourth-order valence-electron chi connectivity index (χ4n) is 1.40. The van der Waals surface area contributed by atoms with Crippen LogP contribution in [0.25, 0.3) is 0 Å². The maximum absolute atomic E-state index is 13.2. The van der Waals surface area contributed by atoms with Gasteiger partial charge in [-0.05, 0) is 13.0 Å². The van der Waals surface area contributed by atoms with Crippen molar-refractivity contribution in [2.75, 3.05) is 0 Å². The van der Waals surface area contributed by atoms with Crippen molar-refractivity contribution in [3.8, 4) is 0 Å². The topological polar surface area (TPSA) is 30.0 Å². The maximum atomic E-state index is 13.2. The largest absolute Gasteiger partial charge is 0.417 e. The maximum Gasteiger partial charge on any atom is 0.417 e. The van der Waals surface area contributed by atoms with Crippen LogP contribution in [0.5, 0.6) is 0 Å². The van der Waals surface area contributed by atoms with Gasteiger partial charge >= 0.3 is 6.18 Å². The van der Waals surface area contributed by atoms with Crippen LogP contribution in [0.1, 0.15) is 30.7 Å². The Bertz CT molecular complexity index is 461. The fourth-order valence-corrected chi connectivity index (χ4v) is 1.40. The molecule has 100 valence electrons. The zero-order chi connectivity index (χ0) is 14.1. The second kappa shape index (κ2) is 4.62. The summed E-state index contributed by atoms with van der Waals surface area (Å²) in [6.45, 7) is 1.62. The number of Topliss-reactive ketones (excluding diaryl/α,β-unsaturated/α-hetero) is 1. The highest BCUT2D eigenvalue weighted by Gasteiger charge is 2.36. The normalized spacial score (nSPS) is 12.6. The number of ketones is 1. The van der Waals surface area contributed by atoms with Gasteiger partial charge in [0.2, 0.25) is 0 Å². The monoisotopic (exact) mass is 267 g/mol. The number of pyridine rings is 1. The summed E-state index contributed by atoms with van der Waals surface area (Å²) in [5.74, 6) is -3.94. The van der Waals surface area contributed by atoms with Crippen LogP contribution in [0.2, 0.25) is 0 Å². The van der Waals surface area contributed by atoms with E-state index < -0.39 is 35.4 Å². The van der Waals surface area contributed by atoms with E-state index in [1.165, 1.54) is 0 Å². The first kappa shape index (κ1) is 14.5. The summed E-state index contributed by atoms with van der Waals surface area (Å²) in [5, 5.41) is 0. The number of hydrogen-bond donors (Lipinski definition) is 0. The molecule has 0 saturated carbocycles. The number of rotatable bonds is 3. The number of carbonyl (C=O) groups is 1. The average Bonchev–Trinajstić information content (AvgIpc) is 2.13. The zero-order valence-electron chi connectivity index (χ0n) is 9.61. The molecule has 0 bridgehead atoms. The summed E-state index contributed by atoms with van der Waals surface area (Å²) < 4.78 is 63.6. The van der Waals surface area contributed by atoms with Gasteiger partial charge in [0.25, 0.3) is 5.92 Å². The van der Waals surface area contributed by atoms with Crippen molar-refractivity contribution < 1.29 is 26.7 Å². The Morgan fingerprint density at radius 1 is 1.28 bits per heavy atom. The van der Waals surface area contributed by atoms with Crippen LogP contribution in [-0.4, -0.2) is 10.8 Å². The molecule has 0 aliphatic carbocycles. The Balaban J connectivity index is 3.34.